The molecule has 0 radical (unpaired) electrons. The van der Waals surface area contributed by atoms with Gasteiger partial charge in [0, 0.05) is 16.7 Å². The van der Waals surface area contributed by atoms with Gasteiger partial charge in [-0.05, 0) is 63.4 Å². The van der Waals surface area contributed by atoms with E-state index in [0.29, 0.717) is 0 Å². The van der Waals surface area contributed by atoms with Crippen molar-refractivity contribution < 1.29 is 0 Å². The van der Waals surface area contributed by atoms with E-state index in [4.69, 9.17) is 9.97 Å². The maximum Gasteiger partial charge on any atom is 0.160 e. The topological polar surface area (TPSA) is 25.8 Å². The Kier molecular flexibility index (Phi) is 7.38. The van der Waals surface area contributed by atoms with Gasteiger partial charge in [0.15, 0.2) is 5.82 Å². The first-order chi connectivity index (χ1) is 22.8. The third kappa shape index (κ3) is 5.58. The molecule has 1 aromatic heterocycles. The minimum absolute atomic E-state index is 0.719. The van der Waals surface area contributed by atoms with Gasteiger partial charge in [-0.1, -0.05) is 164 Å². The Bertz CT molecular complexity index is 2040. The molecule has 218 valence electrons. The van der Waals surface area contributed by atoms with E-state index in [1.165, 1.54) is 44.5 Å². The van der Waals surface area contributed by atoms with E-state index in [0.717, 1.165) is 46.7 Å². The predicted octanol–water partition coefficient (Wildman–Crippen LogP) is 11.4. The molecule has 0 atom stereocenters. The van der Waals surface area contributed by atoms with Crippen LogP contribution in [0.15, 0.2) is 164 Å². The Balaban J connectivity index is 1.18. The highest BCUT2D eigenvalue weighted by atomic mass is 14.9. The highest BCUT2D eigenvalue weighted by Crippen LogP contribution is 2.34. The minimum atomic E-state index is 0.719. The van der Waals surface area contributed by atoms with Crippen molar-refractivity contribution in [2.75, 3.05) is 0 Å². The Morgan fingerprint density at radius 2 is 0.870 bits per heavy atom. The Morgan fingerprint density at radius 1 is 0.391 bits per heavy atom. The molecule has 0 amide bonds. The van der Waals surface area contributed by atoms with Crippen LogP contribution in [-0.4, -0.2) is 9.97 Å². The summed E-state index contributed by atoms with van der Waals surface area (Å²) in [5.41, 5.74) is 15.0. The molecule has 1 aliphatic carbocycles. The fourth-order valence-electron chi connectivity index (χ4n) is 6.35. The van der Waals surface area contributed by atoms with E-state index >= 15 is 0 Å². The first-order valence-electron chi connectivity index (χ1n) is 15.9. The average molecular weight is 589 g/mol. The van der Waals surface area contributed by atoms with Gasteiger partial charge in [0.05, 0.1) is 11.4 Å². The van der Waals surface area contributed by atoms with Crippen molar-refractivity contribution in [2.45, 2.75) is 12.8 Å². The van der Waals surface area contributed by atoms with Gasteiger partial charge in [0.1, 0.15) is 0 Å². The molecule has 0 unspecified atom stereocenters. The van der Waals surface area contributed by atoms with E-state index in [-0.39, 0.29) is 0 Å². The largest absolute Gasteiger partial charge is 0.228 e. The standard InChI is InChI=1S/C44H32N2/c1-3-10-31(11-4-1)33-18-24-37(25-19-33)42-30-43(38-26-20-34(21-27-38)32-12-5-2-6-13-32)46-44(45-42)39-28-22-36(23-29-39)41-17-9-15-35-14-7-8-16-40(35)41/h1-7,9-15,17-30H,8,16H2. The van der Waals surface area contributed by atoms with Crippen molar-refractivity contribution in [3.8, 4) is 67.3 Å². The molecule has 0 spiro atoms. The van der Waals surface area contributed by atoms with Gasteiger partial charge >= 0.3 is 0 Å². The number of aromatic nitrogens is 2. The number of benzene rings is 6. The van der Waals surface area contributed by atoms with Crippen LogP contribution in [0.4, 0.5) is 0 Å². The molecule has 0 fully saturated rings. The van der Waals surface area contributed by atoms with Crippen LogP contribution in [0.25, 0.3) is 73.4 Å². The number of fused-ring (bicyclic) bond motifs is 1. The molecule has 1 heterocycles. The van der Waals surface area contributed by atoms with E-state index < -0.39 is 0 Å². The average Bonchev–Trinajstić information content (AvgIpc) is 3.15. The van der Waals surface area contributed by atoms with Crippen LogP contribution >= 0.6 is 0 Å². The summed E-state index contributed by atoms with van der Waals surface area (Å²) in [4.78, 5) is 10.2. The van der Waals surface area contributed by atoms with Gasteiger partial charge in [0.2, 0.25) is 0 Å². The quantitative estimate of drug-likeness (QED) is 0.193. The zero-order valence-electron chi connectivity index (χ0n) is 25.5. The monoisotopic (exact) mass is 588 g/mol. The molecule has 1 aliphatic rings. The molecule has 46 heavy (non-hydrogen) atoms. The summed E-state index contributed by atoms with van der Waals surface area (Å²) in [5, 5.41) is 0. The first-order valence-corrected chi connectivity index (χ1v) is 15.9. The summed E-state index contributed by atoms with van der Waals surface area (Å²) < 4.78 is 0. The van der Waals surface area contributed by atoms with Crippen LogP contribution in [0, 0.1) is 0 Å². The lowest BCUT2D eigenvalue weighted by atomic mass is 9.89. The van der Waals surface area contributed by atoms with Gasteiger partial charge in [-0.25, -0.2) is 9.97 Å². The molecule has 0 N–H and O–H groups in total. The molecule has 8 rings (SSSR count). The van der Waals surface area contributed by atoms with Crippen molar-refractivity contribution >= 4 is 6.08 Å². The molecule has 6 aromatic carbocycles. The van der Waals surface area contributed by atoms with Crippen molar-refractivity contribution in [3.63, 3.8) is 0 Å². The zero-order valence-corrected chi connectivity index (χ0v) is 25.5. The molecular weight excluding hydrogens is 556 g/mol. The fraction of sp³-hybridized carbons (Fsp3) is 0.0455. The van der Waals surface area contributed by atoms with E-state index in [1.807, 2.05) is 12.1 Å². The molecule has 0 saturated heterocycles. The SMILES string of the molecule is C1=Cc2cccc(-c3ccc(-c4nc(-c5ccc(-c6ccccc6)cc5)cc(-c5ccc(-c6ccccc6)cc5)n4)cc3)c2CC1. The first kappa shape index (κ1) is 27.7. The van der Waals surface area contributed by atoms with Crippen molar-refractivity contribution in [2.24, 2.45) is 0 Å². The molecule has 0 aliphatic heterocycles. The predicted molar refractivity (Wildman–Crippen MR) is 192 cm³/mol. The van der Waals surface area contributed by atoms with Gasteiger partial charge in [0.25, 0.3) is 0 Å². The minimum Gasteiger partial charge on any atom is -0.228 e. The van der Waals surface area contributed by atoms with Gasteiger partial charge < -0.3 is 0 Å². The van der Waals surface area contributed by atoms with Crippen LogP contribution < -0.4 is 0 Å². The maximum atomic E-state index is 5.12. The third-order valence-corrected chi connectivity index (χ3v) is 8.83. The lowest BCUT2D eigenvalue weighted by Gasteiger charge is -2.16. The Morgan fingerprint density at radius 3 is 1.43 bits per heavy atom. The second-order valence-electron chi connectivity index (χ2n) is 11.7. The fourth-order valence-corrected chi connectivity index (χ4v) is 6.35. The van der Waals surface area contributed by atoms with Gasteiger partial charge in [-0.15, -0.1) is 0 Å². The highest BCUT2D eigenvalue weighted by Gasteiger charge is 2.14. The number of allylic oxidation sites excluding steroid dienone is 1. The Labute approximate surface area is 270 Å². The third-order valence-electron chi connectivity index (χ3n) is 8.83. The molecule has 2 heteroatoms. The van der Waals surface area contributed by atoms with E-state index in [2.05, 4.69) is 158 Å². The lowest BCUT2D eigenvalue weighted by molar-refractivity contribution is 0.988. The lowest BCUT2D eigenvalue weighted by Crippen LogP contribution is -1.98. The van der Waals surface area contributed by atoms with Crippen molar-refractivity contribution in [1.82, 2.24) is 9.97 Å². The summed E-state index contributed by atoms with van der Waals surface area (Å²) in [5.74, 6) is 0.719. The van der Waals surface area contributed by atoms with Gasteiger partial charge in [-0.3, -0.25) is 0 Å². The molecule has 0 saturated carbocycles. The number of hydrogen-bond acceptors (Lipinski definition) is 2. The normalized spacial score (nSPS) is 12.1. The second kappa shape index (κ2) is 12.3. The summed E-state index contributed by atoms with van der Waals surface area (Å²) >= 11 is 0. The molecule has 2 nitrogen and oxygen atoms in total. The number of hydrogen-bond donors (Lipinski definition) is 0. The molecule has 7 aromatic rings. The molecular formula is C44H32N2. The second-order valence-corrected chi connectivity index (χ2v) is 11.7. The highest BCUT2D eigenvalue weighted by molar-refractivity contribution is 5.78. The maximum absolute atomic E-state index is 5.12. The summed E-state index contributed by atoms with van der Waals surface area (Å²) in [6.07, 6.45) is 6.67. The van der Waals surface area contributed by atoms with Crippen LogP contribution in [0.3, 0.4) is 0 Å². The summed E-state index contributed by atoms with van der Waals surface area (Å²) in [7, 11) is 0. The molecule has 0 bridgehead atoms. The van der Waals surface area contributed by atoms with Gasteiger partial charge in [-0.2, -0.15) is 0 Å². The smallest absolute Gasteiger partial charge is 0.160 e. The van der Waals surface area contributed by atoms with Crippen LogP contribution in [0.1, 0.15) is 17.5 Å². The van der Waals surface area contributed by atoms with Crippen LogP contribution in [0.2, 0.25) is 0 Å². The van der Waals surface area contributed by atoms with Crippen LogP contribution in [0.5, 0.6) is 0 Å². The summed E-state index contributed by atoms with van der Waals surface area (Å²) in [6.45, 7) is 0. The van der Waals surface area contributed by atoms with Crippen molar-refractivity contribution in [3.05, 3.63) is 175 Å². The Hall–Kier alpha value is -5.86. The van der Waals surface area contributed by atoms with E-state index in [9.17, 15) is 0 Å². The van der Waals surface area contributed by atoms with Crippen LogP contribution in [-0.2, 0) is 6.42 Å². The van der Waals surface area contributed by atoms with E-state index in [1.54, 1.807) is 0 Å². The summed E-state index contributed by atoms with van der Waals surface area (Å²) in [6, 6.07) is 55.7. The van der Waals surface area contributed by atoms with Crippen molar-refractivity contribution in [1.29, 1.82) is 0 Å². The zero-order chi connectivity index (χ0) is 30.7. The number of rotatable bonds is 6. The number of nitrogens with zero attached hydrogens (tertiary/aromatic N) is 2.